The lowest BCUT2D eigenvalue weighted by molar-refractivity contribution is 0.238. The highest BCUT2D eigenvalue weighted by molar-refractivity contribution is 7.90. The van der Waals surface area contributed by atoms with E-state index < -0.39 is 9.84 Å². The fraction of sp³-hybridized carbons (Fsp3) is 0.312. The maximum absolute atomic E-state index is 11.9. The van der Waals surface area contributed by atoms with E-state index in [-0.39, 0.29) is 17.0 Å². The Labute approximate surface area is 140 Å². The first-order chi connectivity index (χ1) is 10.9. The van der Waals surface area contributed by atoms with Crippen molar-refractivity contribution in [1.29, 1.82) is 0 Å². The first-order valence-corrected chi connectivity index (χ1v) is 10.00. The van der Waals surface area contributed by atoms with E-state index in [2.05, 4.69) is 10.6 Å². The fourth-order valence-corrected chi connectivity index (χ4v) is 3.43. The summed E-state index contributed by atoms with van der Waals surface area (Å²) >= 11 is 1.67. The minimum atomic E-state index is -3.20. The smallest absolute Gasteiger partial charge is 0.315 e. The van der Waals surface area contributed by atoms with Gasteiger partial charge in [-0.3, -0.25) is 0 Å². The third kappa shape index (κ3) is 5.37. The highest BCUT2D eigenvalue weighted by atomic mass is 32.2. The van der Waals surface area contributed by atoms with Crippen molar-refractivity contribution in [3.05, 3.63) is 52.2 Å². The molecule has 0 aliphatic carbocycles. The number of carbonyl (C=O) groups is 1. The van der Waals surface area contributed by atoms with Gasteiger partial charge in [0.15, 0.2) is 9.84 Å². The molecule has 5 nitrogen and oxygen atoms in total. The van der Waals surface area contributed by atoms with Crippen LogP contribution in [0.4, 0.5) is 4.79 Å². The molecule has 1 aromatic heterocycles. The molecular weight excluding hydrogens is 332 g/mol. The van der Waals surface area contributed by atoms with Crippen LogP contribution in [0.2, 0.25) is 0 Å². The summed E-state index contributed by atoms with van der Waals surface area (Å²) in [5, 5.41) is 7.67. The molecule has 0 radical (unpaired) electrons. The summed E-state index contributed by atoms with van der Waals surface area (Å²) in [6.07, 6.45) is 1.98. The van der Waals surface area contributed by atoms with Crippen LogP contribution in [0.5, 0.6) is 0 Å². The van der Waals surface area contributed by atoms with Crippen molar-refractivity contribution >= 4 is 27.2 Å². The van der Waals surface area contributed by atoms with Gasteiger partial charge in [0, 0.05) is 17.7 Å². The van der Waals surface area contributed by atoms with E-state index in [9.17, 15) is 13.2 Å². The number of urea groups is 1. The highest BCUT2D eigenvalue weighted by Crippen LogP contribution is 2.16. The van der Waals surface area contributed by atoms with Gasteiger partial charge in [-0.2, -0.15) is 0 Å². The molecule has 0 fully saturated rings. The first-order valence-electron chi connectivity index (χ1n) is 7.23. The lowest BCUT2D eigenvalue weighted by Crippen LogP contribution is -2.37. The van der Waals surface area contributed by atoms with Gasteiger partial charge in [0.1, 0.15) is 0 Å². The van der Waals surface area contributed by atoms with Crippen LogP contribution in [0.25, 0.3) is 0 Å². The van der Waals surface area contributed by atoms with Crippen LogP contribution in [-0.4, -0.2) is 27.2 Å². The Balaban J connectivity index is 1.83. The number of carbonyl (C=O) groups excluding carboxylic acids is 1. The van der Waals surface area contributed by atoms with E-state index in [1.807, 2.05) is 24.4 Å². The largest absolute Gasteiger partial charge is 0.338 e. The predicted octanol–water partition coefficient (Wildman–Crippen LogP) is 2.75. The average Bonchev–Trinajstić information content (AvgIpc) is 2.99. The van der Waals surface area contributed by atoms with Gasteiger partial charge in [-0.1, -0.05) is 18.2 Å². The van der Waals surface area contributed by atoms with Crippen LogP contribution >= 0.6 is 11.3 Å². The van der Waals surface area contributed by atoms with Crippen LogP contribution in [0.3, 0.4) is 0 Å². The van der Waals surface area contributed by atoms with Crippen LogP contribution in [0.1, 0.15) is 23.4 Å². The van der Waals surface area contributed by atoms with Crippen molar-refractivity contribution in [2.45, 2.75) is 24.3 Å². The summed E-state index contributed by atoms with van der Waals surface area (Å²) in [4.78, 5) is 13.4. The second-order valence-corrected chi connectivity index (χ2v) is 8.34. The molecule has 23 heavy (non-hydrogen) atoms. The molecule has 124 valence electrons. The van der Waals surface area contributed by atoms with Gasteiger partial charge >= 0.3 is 6.03 Å². The zero-order valence-electron chi connectivity index (χ0n) is 13.1. The Bertz CT molecular complexity index is 738. The molecule has 0 saturated heterocycles. The Kier molecular flexibility index (Phi) is 5.79. The number of thiophene rings is 1. The number of hydrogen-bond acceptors (Lipinski definition) is 4. The lowest BCUT2D eigenvalue weighted by atomic mass is 10.1. The molecule has 0 aliphatic heterocycles. The summed E-state index contributed by atoms with van der Waals surface area (Å²) in [6.45, 7) is 2.43. The third-order valence-electron chi connectivity index (χ3n) is 3.39. The van der Waals surface area contributed by atoms with E-state index in [1.54, 1.807) is 35.6 Å². The van der Waals surface area contributed by atoms with Crippen LogP contribution in [-0.2, 0) is 16.3 Å². The summed E-state index contributed by atoms with van der Waals surface area (Å²) in [6, 6.07) is 10.1. The SMILES string of the molecule is C[C@@H](NC(=O)NCCc1cccs1)c1ccc(S(C)(=O)=O)cc1. The quantitative estimate of drug-likeness (QED) is 0.839. The molecule has 2 N–H and O–H groups in total. The molecule has 0 saturated carbocycles. The van der Waals surface area contributed by atoms with Crippen molar-refractivity contribution in [1.82, 2.24) is 10.6 Å². The van der Waals surface area contributed by atoms with Gasteiger partial charge in [0.2, 0.25) is 0 Å². The summed E-state index contributed by atoms with van der Waals surface area (Å²) in [5.74, 6) is 0. The molecule has 1 heterocycles. The molecule has 0 bridgehead atoms. The van der Waals surface area contributed by atoms with Crippen molar-refractivity contribution in [3.8, 4) is 0 Å². The number of hydrogen-bond donors (Lipinski definition) is 2. The molecule has 2 rings (SSSR count). The minimum absolute atomic E-state index is 0.203. The molecule has 2 amide bonds. The molecule has 7 heteroatoms. The van der Waals surface area contributed by atoms with Gasteiger partial charge in [0.05, 0.1) is 10.9 Å². The van der Waals surface area contributed by atoms with E-state index in [1.165, 1.54) is 11.1 Å². The van der Waals surface area contributed by atoms with Crippen molar-refractivity contribution in [2.24, 2.45) is 0 Å². The second kappa shape index (κ2) is 7.61. The van der Waals surface area contributed by atoms with Gasteiger partial charge in [-0.15, -0.1) is 11.3 Å². The number of nitrogens with one attached hydrogen (secondary N) is 2. The van der Waals surface area contributed by atoms with Gasteiger partial charge in [0.25, 0.3) is 0 Å². The first kappa shape index (κ1) is 17.5. The van der Waals surface area contributed by atoms with Crippen molar-refractivity contribution < 1.29 is 13.2 Å². The van der Waals surface area contributed by atoms with Crippen molar-refractivity contribution in [3.63, 3.8) is 0 Å². The Morgan fingerprint density at radius 1 is 1.22 bits per heavy atom. The monoisotopic (exact) mass is 352 g/mol. The number of rotatable bonds is 6. The van der Waals surface area contributed by atoms with Crippen LogP contribution < -0.4 is 10.6 Å². The molecule has 0 unspecified atom stereocenters. The van der Waals surface area contributed by atoms with E-state index in [0.717, 1.165) is 12.0 Å². The standard InChI is InChI=1S/C16H20N2O3S2/c1-12(13-5-7-15(8-6-13)23(2,20)21)18-16(19)17-10-9-14-4-3-11-22-14/h3-8,11-12H,9-10H2,1-2H3,(H2,17,18,19)/t12-/m1/s1. The van der Waals surface area contributed by atoms with Crippen molar-refractivity contribution in [2.75, 3.05) is 12.8 Å². The van der Waals surface area contributed by atoms with Crippen LogP contribution in [0, 0.1) is 0 Å². The average molecular weight is 352 g/mol. The zero-order chi connectivity index (χ0) is 16.9. The third-order valence-corrected chi connectivity index (χ3v) is 5.46. The Hall–Kier alpha value is -1.86. The predicted molar refractivity (Wildman–Crippen MR) is 92.5 cm³/mol. The van der Waals surface area contributed by atoms with E-state index >= 15 is 0 Å². The molecule has 1 aromatic carbocycles. The highest BCUT2D eigenvalue weighted by Gasteiger charge is 2.11. The van der Waals surface area contributed by atoms with Gasteiger partial charge in [-0.05, 0) is 42.5 Å². The van der Waals surface area contributed by atoms with Gasteiger partial charge in [-0.25, -0.2) is 13.2 Å². The number of benzene rings is 1. The Morgan fingerprint density at radius 2 is 1.91 bits per heavy atom. The second-order valence-electron chi connectivity index (χ2n) is 5.29. The van der Waals surface area contributed by atoms with Gasteiger partial charge < -0.3 is 10.6 Å². The van der Waals surface area contributed by atoms with Crippen LogP contribution in [0.15, 0.2) is 46.7 Å². The summed E-state index contributed by atoms with van der Waals surface area (Å²) in [7, 11) is -3.20. The van der Waals surface area contributed by atoms with E-state index in [4.69, 9.17) is 0 Å². The molecule has 2 aromatic rings. The summed E-state index contributed by atoms with van der Waals surface area (Å²) < 4.78 is 22.9. The maximum atomic E-state index is 11.9. The molecule has 0 spiro atoms. The number of amides is 2. The number of sulfone groups is 1. The summed E-state index contributed by atoms with van der Waals surface area (Å²) in [5.41, 5.74) is 0.853. The zero-order valence-corrected chi connectivity index (χ0v) is 14.7. The fourth-order valence-electron chi connectivity index (χ4n) is 2.09. The maximum Gasteiger partial charge on any atom is 0.315 e. The molecule has 1 atom stereocenters. The topological polar surface area (TPSA) is 75.3 Å². The minimum Gasteiger partial charge on any atom is -0.338 e. The Morgan fingerprint density at radius 3 is 2.48 bits per heavy atom. The van der Waals surface area contributed by atoms with E-state index in [0.29, 0.717) is 6.54 Å². The normalized spacial score (nSPS) is 12.6. The molecule has 0 aliphatic rings. The lowest BCUT2D eigenvalue weighted by Gasteiger charge is -2.15. The molecular formula is C16H20N2O3S2.